The second kappa shape index (κ2) is 7.14. The van der Waals surface area contributed by atoms with E-state index in [-0.39, 0.29) is 5.56 Å². The van der Waals surface area contributed by atoms with Crippen LogP contribution in [-0.2, 0) is 4.74 Å². The Kier molecular flexibility index (Phi) is 5.24. The molecule has 2 rings (SSSR count). The molecule has 110 valence electrons. The molecule has 20 heavy (non-hydrogen) atoms. The van der Waals surface area contributed by atoms with Crippen molar-refractivity contribution in [1.29, 1.82) is 0 Å². The SMILES string of the molecule is CCCOc1ccc(C(=O)O)c(OCC2CCOC2)c1. The zero-order valence-corrected chi connectivity index (χ0v) is 11.6. The van der Waals surface area contributed by atoms with Crippen LogP contribution in [0.2, 0.25) is 0 Å². The Hall–Kier alpha value is -1.75. The van der Waals surface area contributed by atoms with Gasteiger partial charge in [-0.1, -0.05) is 6.92 Å². The maximum Gasteiger partial charge on any atom is 0.339 e. The van der Waals surface area contributed by atoms with E-state index in [0.29, 0.717) is 37.2 Å². The van der Waals surface area contributed by atoms with Crippen molar-refractivity contribution in [3.63, 3.8) is 0 Å². The minimum atomic E-state index is -0.996. The van der Waals surface area contributed by atoms with Gasteiger partial charge in [0.1, 0.15) is 17.1 Å². The van der Waals surface area contributed by atoms with Crippen molar-refractivity contribution in [3.8, 4) is 11.5 Å². The fourth-order valence-electron chi connectivity index (χ4n) is 2.03. The number of hydrogen-bond donors (Lipinski definition) is 1. The van der Waals surface area contributed by atoms with Gasteiger partial charge in [0.15, 0.2) is 0 Å². The Morgan fingerprint density at radius 3 is 2.95 bits per heavy atom. The Bertz CT molecular complexity index is 452. The van der Waals surface area contributed by atoms with Crippen molar-refractivity contribution in [2.75, 3.05) is 26.4 Å². The van der Waals surface area contributed by atoms with E-state index in [0.717, 1.165) is 19.4 Å². The van der Waals surface area contributed by atoms with Crippen molar-refractivity contribution in [1.82, 2.24) is 0 Å². The zero-order valence-electron chi connectivity index (χ0n) is 11.6. The lowest BCUT2D eigenvalue weighted by molar-refractivity contribution is 0.0691. The van der Waals surface area contributed by atoms with E-state index in [1.165, 1.54) is 6.07 Å². The molecule has 1 aliphatic heterocycles. The van der Waals surface area contributed by atoms with Crippen LogP contribution in [0.15, 0.2) is 18.2 Å². The number of aromatic carboxylic acids is 1. The van der Waals surface area contributed by atoms with Crippen molar-refractivity contribution < 1.29 is 24.1 Å². The smallest absolute Gasteiger partial charge is 0.339 e. The first-order chi connectivity index (χ1) is 9.70. The summed E-state index contributed by atoms with van der Waals surface area (Å²) in [6, 6.07) is 4.83. The molecule has 0 amide bonds. The zero-order chi connectivity index (χ0) is 14.4. The lowest BCUT2D eigenvalue weighted by Crippen LogP contribution is -2.13. The highest BCUT2D eigenvalue weighted by molar-refractivity contribution is 5.91. The highest BCUT2D eigenvalue weighted by atomic mass is 16.5. The van der Waals surface area contributed by atoms with Crippen molar-refractivity contribution >= 4 is 5.97 Å². The fourth-order valence-corrected chi connectivity index (χ4v) is 2.03. The molecular weight excluding hydrogens is 260 g/mol. The van der Waals surface area contributed by atoms with Crippen LogP contribution in [0, 0.1) is 5.92 Å². The van der Waals surface area contributed by atoms with Gasteiger partial charge >= 0.3 is 5.97 Å². The van der Waals surface area contributed by atoms with E-state index < -0.39 is 5.97 Å². The number of carboxylic acids is 1. The third-order valence-corrected chi connectivity index (χ3v) is 3.15. The molecule has 5 nitrogen and oxygen atoms in total. The molecule has 1 atom stereocenters. The third-order valence-electron chi connectivity index (χ3n) is 3.15. The number of carboxylic acid groups (broad SMARTS) is 1. The van der Waals surface area contributed by atoms with Crippen LogP contribution in [-0.4, -0.2) is 37.5 Å². The van der Waals surface area contributed by atoms with Gasteiger partial charge in [-0.2, -0.15) is 0 Å². The van der Waals surface area contributed by atoms with Crippen LogP contribution < -0.4 is 9.47 Å². The molecule has 0 spiro atoms. The molecule has 1 heterocycles. The molecule has 1 aromatic rings. The monoisotopic (exact) mass is 280 g/mol. The molecule has 5 heteroatoms. The molecule has 1 fully saturated rings. The van der Waals surface area contributed by atoms with Crippen LogP contribution in [0.1, 0.15) is 30.1 Å². The van der Waals surface area contributed by atoms with Crippen LogP contribution >= 0.6 is 0 Å². The molecule has 0 radical (unpaired) electrons. The van der Waals surface area contributed by atoms with Crippen molar-refractivity contribution in [3.05, 3.63) is 23.8 Å². The summed E-state index contributed by atoms with van der Waals surface area (Å²) in [6.45, 7) is 4.51. The Balaban J connectivity index is 2.06. The fraction of sp³-hybridized carbons (Fsp3) is 0.533. The van der Waals surface area contributed by atoms with Gasteiger partial charge in [0.2, 0.25) is 0 Å². The highest BCUT2D eigenvalue weighted by Crippen LogP contribution is 2.26. The minimum absolute atomic E-state index is 0.160. The lowest BCUT2D eigenvalue weighted by Gasteiger charge is -2.14. The summed E-state index contributed by atoms with van der Waals surface area (Å²) in [5.74, 6) is 0.328. The number of ether oxygens (including phenoxy) is 3. The minimum Gasteiger partial charge on any atom is -0.493 e. The first-order valence-corrected chi connectivity index (χ1v) is 6.91. The van der Waals surface area contributed by atoms with Crippen LogP contribution in [0.3, 0.4) is 0 Å². The number of benzene rings is 1. The number of carbonyl (C=O) groups is 1. The van der Waals surface area contributed by atoms with E-state index >= 15 is 0 Å². The molecule has 1 N–H and O–H groups in total. The van der Waals surface area contributed by atoms with Gasteiger partial charge in [0.25, 0.3) is 0 Å². The summed E-state index contributed by atoms with van der Waals surface area (Å²) in [5, 5.41) is 9.18. The standard InChI is InChI=1S/C15H20O5/c1-2-6-19-12-3-4-13(15(16)17)14(8-12)20-10-11-5-7-18-9-11/h3-4,8,11H,2,5-7,9-10H2,1H3,(H,16,17). The second-order valence-corrected chi connectivity index (χ2v) is 4.85. The van der Waals surface area contributed by atoms with Gasteiger partial charge in [0, 0.05) is 18.6 Å². The van der Waals surface area contributed by atoms with Gasteiger partial charge in [-0.3, -0.25) is 0 Å². The quantitative estimate of drug-likeness (QED) is 0.831. The molecular formula is C15H20O5. The van der Waals surface area contributed by atoms with E-state index in [1.54, 1.807) is 12.1 Å². The Morgan fingerprint density at radius 2 is 2.30 bits per heavy atom. The maximum absolute atomic E-state index is 11.2. The molecule has 0 bridgehead atoms. The van der Waals surface area contributed by atoms with Crippen molar-refractivity contribution in [2.24, 2.45) is 5.92 Å². The average Bonchev–Trinajstić information content (AvgIpc) is 2.96. The topological polar surface area (TPSA) is 65.0 Å². The Morgan fingerprint density at radius 1 is 1.45 bits per heavy atom. The van der Waals surface area contributed by atoms with E-state index in [9.17, 15) is 9.90 Å². The van der Waals surface area contributed by atoms with Gasteiger partial charge in [-0.15, -0.1) is 0 Å². The van der Waals surface area contributed by atoms with Gasteiger partial charge in [0.05, 0.1) is 19.8 Å². The van der Waals surface area contributed by atoms with Gasteiger partial charge in [-0.05, 0) is 25.0 Å². The predicted molar refractivity (Wildman–Crippen MR) is 73.6 cm³/mol. The maximum atomic E-state index is 11.2. The van der Waals surface area contributed by atoms with Crippen LogP contribution in [0.25, 0.3) is 0 Å². The van der Waals surface area contributed by atoms with Crippen molar-refractivity contribution in [2.45, 2.75) is 19.8 Å². The number of rotatable bonds is 7. The molecule has 0 aliphatic carbocycles. The van der Waals surface area contributed by atoms with Crippen LogP contribution in [0.5, 0.6) is 11.5 Å². The molecule has 1 saturated heterocycles. The average molecular weight is 280 g/mol. The van der Waals surface area contributed by atoms with E-state index in [4.69, 9.17) is 14.2 Å². The summed E-state index contributed by atoms with van der Waals surface area (Å²) >= 11 is 0. The summed E-state index contributed by atoms with van der Waals surface area (Å²) < 4.78 is 16.4. The third kappa shape index (κ3) is 3.87. The number of hydrogen-bond acceptors (Lipinski definition) is 4. The predicted octanol–water partition coefficient (Wildman–Crippen LogP) is 2.59. The highest BCUT2D eigenvalue weighted by Gasteiger charge is 2.18. The summed E-state index contributed by atoms with van der Waals surface area (Å²) in [6.07, 6.45) is 1.85. The summed E-state index contributed by atoms with van der Waals surface area (Å²) in [4.78, 5) is 11.2. The first kappa shape index (κ1) is 14.7. The second-order valence-electron chi connectivity index (χ2n) is 4.85. The molecule has 1 aliphatic rings. The van der Waals surface area contributed by atoms with Gasteiger partial charge in [-0.25, -0.2) is 4.79 Å². The van der Waals surface area contributed by atoms with E-state index in [2.05, 4.69) is 0 Å². The molecule has 0 saturated carbocycles. The van der Waals surface area contributed by atoms with Gasteiger partial charge < -0.3 is 19.3 Å². The molecule has 1 unspecified atom stereocenters. The Labute approximate surface area is 118 Å². The molecule has 0 aromatic heterocycles. The lowest BCUT2D eigenvalue weighted by atomic mass is 10.1. The van der Waals surface area contributed by atoms with E-state index in [1.807, 2.05) is 6.92 Å². The normalized spacial score (nSPS) is 17.9. The molecule has 1 aromatic carbocycles. The largest absolute Gasteiger partial charge is 0.493 e. The summed E-state index contributed by atoms with van der Waals surface area (Å²) in [5.41, 5.74) is 0.160. The summed E-state index contributed by atoms with van der Waals surface area (Å²) in [7, 11) is 0. The van der Waals surface area contributed by atoms with Crippen LogP contribution in [0.4, 0.5) is 0 Å². The first-order valence-electron chi connectivity index (χ1n) is 6.91.